The maximum Gasteiger partial charge on any atom is 0.371 e. The van der Waals surface area contributed by atoms with E-state index >= 15 is 0 Å². The van der Waals surface area contributed by atoms with Gasteiger partial charge in [0.05, 0.1) is 0 Å². The number of furan rings is 1. The van der Waals surface area contributed by atoms with Crippen molar-refractivity contribution in [2.45, 2.75) is 13.0 Å². The van der Waals surface area contributed by atoms with Gasteiger partial charge in [-0.1, -0.05) is 0 Å². The van der Waals surface area contributed by atoms with Crippen LogP contribution in [-0.4, -0.2) is 11.1 Å². The molecule has 18 heavy (non-hydrogen) atoms. The van der Waals surface area contributed by atoms with Gasteiger partial charge in [0.25, 0.3) is 0 Å². The van der Waals surface area contributed by atoms with E-state index in [1.165, 1.54) is 36.4 Å². The van der Waals surface area contributed by atoms with Gasteiger partial charge in [-0.25, -0.2) is 9.18 Å². The first-order valence-corrected chi connectivity index (χ1v) is 5.31. The van der Waals surface area contributed by atoms with Gasteiger partial charge in [0.1, 0.15) is 17.3 Å². The van der Waals surface area contributed by atoms with E-state index in [0.29, 0.717) is 11.5 Å². The smallest absolute Gasteiger partial charge is 0.371 e. The first-order chi connectivity index (χ1) is 8.56. The van der Waals surface area contributed by atoms with Crippen LogP contribution in [0.5, 0.6) is 5.75 Å². The highest BCUT2D eigenvalue weighted by atomic mass is 19.1. The SMILES string of the molecule is C[C@@H](Oc1ccc(F)cc1)c1ccc(C(=O)O)o1. The summed E-state index contributed by atoms with van der Waals surface area (Å²) in [7, 11) is 0. The predicted molar refractivity (Wildman–Crippen MR) is 61.1 cm³/mol. The molecule has 1 atom stereocenters. The molecule has 0 saturated heterocycles. The van der Waals surface area contributed by atoms with E-state index < -0.39 is 12.1 Å². The second kappa shape index (κ2) is 4.91. The Balaban J connectivity index is 2.09. The quantitative estimate of drug-likeness (QED) is 0.904. The fourth-order valence-electron chi connectivity index (χ4n) is 1.46. The molecule has 0 unspecified atom stereocenters. The Morgan fingerprint density at radius 1 is 1.28 bits per heavy atom. The summed E-state index contributed by atoms with van der Waals surface area (Å²) >= 11 is 0. The van der Waals surface area contributed by atoms with Crippen molar-refractivity contribution in [1.82, 2.24) is 0 Å². The normalized spacial score (nSPS) is 12.1. The van der Waals surface area contributed by atoms with Crippen LogP contribution >= 0.6 is 0 Å². The Hall–Kier alpha value is -2.30. The van der Waals surface area contributed by atoms with E-state index in [4.69, 9.17) is 14.3 Å². The van der Waals surface area contributed by atoms with Gasteiger partial charge < -0.3 is 14.3 Å². The fourth-order valence-corrected chi connectivity index (χ4v) is 1.46. The van der Waals surface area contributed by atoms with E-state index in [0.717, 1.165) is 0 Å². The van der Waals surface area contributed by atoms with E-state index in [2.05, 4.69) is 0 Å². The monoisotopic (exact) mass is 250 g/mol. The zero-order valence-electron chi connectivity index (χ0n) is 9.59. The average molecular weight is 250 g/mol. The molecule has 1 aromatic heterocycles. The van der Waals surface area contributed by atoms with Gasteiger partial charge in [-0.3, -0.25) is 0 Å². The van der Waals surface area contributed by atoms with Crippen LogP contribution in [0.1, 0.15) is 29.3 Å². The lowest BCUT2D eigenvalue weighted by molar-refractivity contribution is 0.0655. The summed E-state index contributed by atoms with van der Waals surface area (Å²) in [5.41, 5.74) is 0. The summed E-state index contributed by atoms with van der Waals surface area (Å²) in [6.45, 7) is 1.72. The van der Waals surface area contributed by atoms with Crippen LogP contribution in [0.2, 0.25) is 0 Å². The molecule has 5 heteroatoms. The lowest BCUT2D eigenvalue weighted by atomic mass is 10.3. The third kappa shape index (κ3) is 2.68. The van der Waals surface area contributed by atoms with Gasteiger partial charge in [-0.2, -0.15) is 0 Å². The molecular formula is C13H11FO4. The molecule has 0 amide bonds. The number of carboxylic acid groups (broad SMARTS) is 1. The van der Waals surface area contributed by atoms with Crippen LogP contribution in [0.4, 0.5) is 4.39 Å². The molecule has 0 spiro atoms. The number of aromatic carboxylic acids is 1. The van der Waals surface area contributed by atoms with Gasteiger partial charge in [-0.05, 0) is 43.3 Å². The fraction of sp³-hybridized carbons (Fsp3) is 0.154. The molecular weight excluding hydrogens is 239 g/mol. The average Bonchev–Trinajstić information content (AvgIpc) is 2.81. The van der Waals surface area contributed by atoms with Crippen molar-refractivity contribution in [2.24, 2.45) is 0 Å². The van der Waals surface area contributed by atoms with Crippen molar-refractivity contribution in [3.8, 4) is 5.75 Å². The largest absolute Gasteiger partial charge is 0.483 e. The van der Waals surface area contributed by atoms with Crippen molar-refractivity contribution >= 4 is 5.97 Å². The second-order valence-electron chi connectivity index (χ2n) is 3.72. The molecule has 94 valence electrons. The highest BCUT2D eigenvalue weighted by Crippen LogP contribution is 2.23. The van der Waals surface area contributed by atoms with Gasteiger partial charge in [0, 0.05) is 0 Å². The molecule has 0 aliphatic carbocycles. The number of benzene rings is 1. The summed E-state index contributed by atoms with van der Waals surface area (Å²) in [6, 6.07) is 8.46. The third-order valence-electron chi connectivity index (χ3n) is 2.36. The number of carbonyl (C=O) groups is 1. The topological polar surface area (TPSA) is 59.7 Å². The Morgan fingerprint density at radius 2 is 1.94 bits per heavy atom. The van der Waals surface area contributed by atoms with Crippen LogP contribution in [0.15, 0.2) is 40.8 Å². The van der Waals surface area contributed by atoms with Gasteiger partial charge in [-0.15, -0.1) is 0 Å². The Kier molecular flexibility index (Phi) is 3.32. The number of halogens is 1. The van der Waals surface area contributed by atoms with Crippen LogP contribution in [-0.2, 0) is 0 Å². The molecule has 1 aromatic carbocycles. The van der Waals surface area contributed by atoms with Crippen LogP contribution in [0.3, 0.4) is 0 Å². The van der Waals surface area contributed by atoms with Crippen LogP contribution in [0.25, 0.3) is 0 Å². The Bertz CT molecular complexity index is 544. The van der Waals surface area contributed by atoms with E-state index in [1.807, 2.05) is 0 Å². The number of rotatable bonds is 4. The highest BCUT2D eigenvalue weighted by molar-refractivity contribution is 5.84. The standard InChI is InChI=1S/C13H11FO4/c1-8(11-6-7-12(18-11)13(15)16)17-10-4-2-9(14)3-5-10/h2-8H,1H3,(H,15,16)/t8-/m1/s1. The number of hydrogen-bond acceptors (Lipinski definition) is 3. The van der Waals surface area contributed by atoms with Crippen molar-refractivity contribution in [1.29, 1.82) is 0 Å². The minimum absolute atomic E-state index is 0.139. The van der Waals surface area contributed by atoms with E-state index in [-0.39, 0.29) is 11.6 Å². The molecule has 0 fully saturated rings. The van der Waals surface area contributed by atoms with E-state index in [9.17, 15) is 9.18 Å². The van der Waals surface area contributed by atoms with Gasteiger partial charge in [0.2, 0.25) is 5.76 Å². The summed E-state index contributed by atoms with van der Waals surface area (Å²) in [4.78, 5) is 10.7. The minimum atomic E-state index is -1.13. The minimum Gasteiger partial charge on any atom is -0.483 e. The maximum atomic E-state index is 12.7. The van der Waals surface area contributed by atoms with Gasteiger partial charge >= 0.3 is 5.97 Å². The molecule has 1 N–H and O–H groups in total. The molecule has 0 radical (unpaired) electrons. The van der Waals surface area contributed by atoms with Gasteiger partial charge in [0.15, 0.2) is 6.10 Å². The summed E-state index contributed by atoms with van der Waals surface area (Å²) in [6.07, 6.45) is -0.455. The first-order valence-electron chi connectivity index (χ1n) is 5.31. The van der Waals surface area contributed by atoms with Crippen LogP contribution < -0.4 is 4.74 Å². The summed E-state index contributed by atoms with van der Waals surface area (Å²) < 4.78 is 23.3. The molecule has 0 bridgehead atoms. The molecule has 2 aromatic rings. The third-order valence-corrected chi connectivity index (χ3v) is 2.36. The second-order valence-corrected chi connectivity index (χ2v) is 3.72. The lowest BCUT2D eigenvalue weighted by Crippen LogP contribution is -2.02. The lowest BCUT2D eigenvalue weighted by Gasteiger charge is -2.12. The number of carboxylic acids is 1. The molecule has 2 rings (SSSR count). The molecule has 1 heterocycles. The first kappa shape index (κ1) is 12.2. The van der Waals surface area contributed by atoms with E-state index in [1.54, 1.807) is 6.92 Å². The number of ether oxygens (including phenoxy) is 1. The summed E-state index contributed by atoms with van der Waals surface area (Å²) in [5.74, 6) is -0.732. The van der Waals surface area contributed by atoms with Crippen molar-refractivity contribution < 1.29 is 23.4 Å². The van der Waals surface area contributed by atoms with Crippen molar-refractivity contribution in [2.75, 3.05) is 0 Å². The maximum absolute atomic E-state index is 12.7. The Labute approximate surface area is 103 Å². The summed E-state index contributed by atoms with van der Waals surface area (Å²) in [5, 5.41) is 8.72. The zero-order chi connectivity index (χ0) is 13.1. The molecule has 0 saturated carbocycles. The predicted octanol–water partition coefficient (Wildman–Crippen LogP) is 3.26. The number of hydrogen-bond donors (Lipinski definition) is 1. The van der Waals surface area contributed by atoms with Crippen LogP contribution in [0, 0.1) is 5.82 Å². The van der Waals surface area contributed by atoms with Crippen molar-refractivity contribution in [3.05, 3.63) is 53.7 Å². The molecule has 4 nitrogen and oxygen atoms in total. The highest BCUT2D eigenvalue weighted by Gasteiger charge is 2.15. The molecule has 0 aliphatic heterocycles. The Morgan fingerprint density at radius 3 is 2.50 bits per heavy atom. The zero-order valence-corrected chi connectivity index (χ0v) is 9.59. The van der Waals surface area contributed by atoms with Crippen molar-refractivity contribution in [3.63, 3.8) is 0 Å². The molecule has 0 aliphatic rings.